The molecule has 0 unspecified atom stereocenters. The predicted octanol–water partition coefficient (Wildman–Crippen LogP) is 4.45. The third-order valence-corrected chi connectivity index (χ3v) is 5.38. The number of nitrogens with zero attached hydrogens (tertiary/aromatic N) is 1. The largest absolute Gasteiger partial charge is 0.493 e. The third-order valence-electron chi connectivity index (χ3n) is 4.19. The minimum absolute atomic E-state index is 0.0407. The fraction of sp³-hybridized carbons (Fsp3) is 0.190. The van der Waals surface area contributed by atoms with Crippen LogP contribution in [0.5, 0.6) is 11.5 Å². The van der Waals surface area contributed by atoms with Gasteiger partial charge in [0.15, 0.2) is 11.5 Å². The second-order valence-electron chi connectivity index (χ2n) is 6.12. The van der Waals surface area contributed by atoms with Gasteiger partial charge in [-0.1, -0.05) is 23.7 Å². The van der Waals surface area contributed by atoms with Crippen molar-refractivity contribution in [1.82, 2.24) is 4.98 Å². The van der Waals surface area contributed by atoms with Crippen molar-refractivity contribution in [2.45, 2.75) is 6.42 Å². The highest BCUT2D eigenvalue weighted by Gasteiger charge is 2.19. The summed E-state index contributed by atoms with van der Waals surface area (Å²) in [5, 5.41) is 5.98. The van der Waals surface area contributed by atoms with Crippen LogP contribution in [0.1, 0.15) is 16.1 Å². The number of carbonyl (C=O) groups excluding carboxylic acids is 2. The van der Waals surface area contributed by atoms with Crippen molar-refractivity contribution >= 4 is 40.5 Å². The average Bonchev–Trinajstić information content (AvgIpc) is 3.21. The first kappa shape index (κ1) is 21.6. The molecule has 0 fully saturated rings. The first-order valence-corrected chi connectivity index (χ1v) is 10.1. The first-order valence-electron chi connectivity index (χ1n) is 8.79. The minimum atomic E-state index is -0.607. The van der Waals surface area contributed by atoms with E-state index in [4.69, 9.17) is 25.8 Å². The summed E-state index contributed by atoms with van der Waals surface area (Å²) >= 11 is 7.35. The van der Waals surface area contributed by atoms with Gasteiger partial charge in [0.1, 0.15) is 5.01 Å². The molecular formula is C21H19ClN2O5S. The van der Waals surface area contributed by atoms with Gasteiger partial charge in [-0.25, -0.2) is 9.78 Å². The smallest absolute Gasteiger partial charge is 0.340 e. The zero-order chi connectivity index (χ0) is 21.7. The molecule has 1 amide bonds. The van der Waals surface area contributed by atoms with Crippen molar-refractivity contribution in [3.63, 3.8) is 0 Å². The second-order valence-corrected chi connectivity index (χ2v) is 7.41. The van der Waals surface area contributed by atoms with Gasteiger partial charge in [-0.05, 0) is 12.1 Å². The molecule has 1 N–H and O–H groups in total. The maximum Gasteiger partial charge on any atom is 0.340 e. The van der Waals surface area contributed by atoms with Crippen LogP contribution in [0.25, 0.3) is 10.6 Å². The summed E-state index contributed by atoms with van der Waals surface area (Å²) in [5.74, 6) is -0.215. The van der Waals surface area contributed by atoms with Gasteiger partial charge in [-0.3, -0.25) is 4.79 Å². The van der Waals surface area contributed by atoms with Crippen LogP contribution in [0.15, 0.2) is 41.8 Å². The van der Waals surface area contributed by atoms with E-state index in [0.717, 1.165) is 10.6 Å². The van der Waals surface area contributed by atoms with Gasteiger partial charge >= 0.3 is 5.97 Å². The van der Waals surface area contributed by atoms with E-state index in [0.29, 0.717) is 22.2 Å². The molecule has 3 rings (SSSR count). The number of anilines is 1. The maximum absolute atomic E-state index is 12.6. The molecule has 0 saturated heterocycles. The standard InChI is InChI=1S/C21H19ClN2O5S/c1-27-17-9-15(21(26)29-3)16(10-18(17)28-2)24-19(25)8-14-11-30-20(23-14)12-4-6-13(22)7-5-12/h4-7,9-11H,8H2,1-3H3,(H,24,25). The van der Waals surface area contributed by atoms with Gasteiger partial charge in [-0.15, -0.1) is 11.3 Å². The van der Waals surface area contributed by atoms with Crippen LogP contribution >= 0.6 is 22.9 Å². The number of esters is 1. The van der Waals surface area contributed by atoms with Gasteiger partial charge < -0.3 is 19.5 Å². The van der Waals surface area contributed by atoms with E-state index in [1.165, 1.54) is 44.8 Å². The van der Waals surface area contributed by atoms with E-state index in [-0.39, 0.29) is 23.6 Å². The Kier molecular flexibility index (Phi) is 6.91. The summed E-state index contributed by atoms with van der Waals surface area (Å²) in [7, 11) is 4.19. The Morgan fingerprint density at radius 1 is 1.07 bits per heavy atom. The zero-order valence-electron chi connectivity index (χ0n) is 16.5. The number of amides is 1. The quantitative estimate of drug-likeness (QED) is 0.539. The topological polar surface area (TPSA) is 86.8 Å². The second kappa shape index (κ2) is 9.60. The molecule has 0 radical (unpaired) electrons. The Morgan fingerprint density at radius 2 is 1.73 bits per heavy atom. The lowest BCUT2D eigenvalue weighted by Gasteiger charge is -2.14. The van der Waals surface area contributed by atoms with Crippen LogP contribution in [0.2, 0.25) is 5.02 Å². The number of carbonyl (C=O) groups is 2. The molecular weight excluding hydrogens is 428 g/mol. The summed E-state index contributed by atoms with van der Waals surface area (Å²) < 4.78 is 15.3. The van der Waals surface area contributed by atoms with Crippen LogP contribution < -0.4 is 14.8 Å². The van der Waals surface area contributed by atoms with Gasteiger partial charge in [0.25, 0.3) is 0 Å². The van der Waals surface area contributed by atoms with E-state index < -0.39 is 5.97 Å². The van der Waals surface area contributed by atoms with E-state index in [1.807, 2.05) is 17.5 Å². The molecule has 7 nitrogen and oxygen atoms in total. The number of methoxy groups -OCH3 is 3. The molecule has 0 aliphatic heterocycles. The molecule has 1 aromatic heterocycles. The number of hydrogen-bond donors (Lipinski definition) is 1. The van der Waals surface area contributed by atoms with Gasteiger partial charge in [-0.2, -0.15) is 0 Å². The number of hydrogen-bond acceptors (Lipinski definition) is 7. The lowest BCUT2D eigenvalue weighted by Crippen LogP contribution is -2.17. The molecule has 0 bridgehead atoms. The molecule has 9 heteroatoms. The number of halogens is 1. The number of ether oxygens (including phenoxy) is 3. The number of thiazole rings is 1. The Morgan fingerprint density at radius 3 is 2.37 bits per heavy atom. The summed E-state index contributed by atoms with van der Waals surface area (Å²) in [5.41, 5.74) is 1.95. The molecule has 0 atom stereocenters. The fourth-order valence-corrected chi connectivity index (χ4v) is 3.69. The lowest BCUT2D eigenvalue weighted by molar-refractivity contribution is -0.115. The Labute approximate surface area is 182 Å². The van der Waals surface area contributed by atoms with Crippen LogP contribution in [-0.2, 0) is 16.0 Å². The summed E-state index contributed by atoms with van der Waals surface area (Å²) in [6, 6.07) is 10.3. The molecule has 156 valence electrons. The lowest BCUT2D eigenvalue weighted by atomic mass is 10.1. The highest BCUT2D eigenvalue weighted by Crippen LogP contribution is 2.34. The number of benzene rings is 2. The van der Waals surface area contributed by atoms with Crippen molar-refractivity contribution in [2.24, 2.45) is 0 Å². The van der Waals surface area contributed by atoms with Crippen molar-refractivity contribution in [3.8, 4) is 22.1 Å². The first-order chi connectivity index (χ1) is 14.4. The molecule has 1 heterocycles. The Bertz CT molecular complexity index is 1070. The number of nitrogens with one attached hydrogen (secondary N) is 1. The van der Waals surface area contributed by atoms with Crippen LogP contribution in [-0.4, -0.2) is 38.2 Å². The highest BCUT2D eigenvalue weighted by molar-refractivity contribution is 7.13. The van der Waals surface area contributed by atoms with Crippen molar-refractivity contribution in [3.05, 3.63) is 58.1 Å². The Hall–Kier alpha value is -3.10. The van der Waals surface area contributed by atoms with Crippen molar-refractivity contribution in [1.29, 1.82) is 0 Å². The Balaban J connectivity index is 1.79. The predicted molar refractivity (Wildman–Crippen MR) is 116 cm³/mol. The summed E-state index contributed by atoms with van der Waals surface area (Å²) in [6.45, 7) is 0. The van der Waals surface area contributed by atoms with E-state index >= 15 is 0 Å². The van der Waals surface area contributed by atoms with E-state index in [2.05, 4.69) is 10.3 Å². The van der Waals surface area contributed by atoms with Crippen molar-refractivity contribution < 1.29 is 23.8 Å². The zero-order valence-corrected chi connectivity index (χ0v) is 18.1. The molecule has 0 aliphatic rings. The molecule has 0 saturated carbocycles. The van der Waals surface area contributed by atoms with Crippen LogP contribution in [0, 0.1) is 0 Å². The fourth-order valence-electron chi connectivity index (χ4n) is 2.73. The third kappa shape index (κ3) is 4.90. The SMILES string of the molecule is COC(=O)c1cc(OC)c(OC)cc1NC(=O)Cc1csc(-c2ccc(Cl)cc2)n1. The van der Waals surface area contributed by atoms with E-state index in [1.54, 1.807) is 12.1 Å². The average molecular weight is 447 g/mol. The minimum Gasteiger partial charge on any atom is -0.493 e. The number of rotatable bonds is 7. The number of aromatic nitrogens is 1. The molecule has 0 aliphatic carbocycles. The highest BCUT2D eigenvalue weighted by atomic mass is 35.5. The molecule has 30 heavy (non-hydrogen) atoms. The molecule has 2 aromatic carbocycles. The summed E-state index contributed by atoms with van der Waals surface area (Å²) in [4.78, 5) is 29.2. The van der Waals surface area contributed by atoms with Crippen LogP contribution in [0.3, 0.4) is 0 Å². The maximum atomic E-state index is 12.6. The van der Waals surface area contributed by atoms with Gasteiger partial charge in [0, 0.05) is 28.1 Å². The van der Waals surface area contributed by atoms with Crippen LogP contribution in [0.4, 0.5) is 5.69 Å². The van der Waals surface area contributed by atoms with E-state index in [9.17, 15) is 9.59 Å². The monoisotopic (exact) mass is 446 g/mol. The molecule has 0 spiro atoms. The van der Waals surface area contributed by atoms with Crippen molar-refractivity contribution in [2.75, 3.05) is 26.6 Å². The normalized spacial score (nSPS) is 10.4. The molecule has 3 aromatic rings. The van der Waals surface area contributed by atoms with Gasteiger partial charge in [0.2, 0.25) is 5.91 Å². The summed E-state index contributed by atoms with van der Waals surface area (Å²) in [6.07, 6.45) is 0.0407. The van der Waals surface area contributed by atoms with Gasteiger partial charge in [0.05, 0.1) is 44.7 Å².